The van der Waals surface area contributed by atoms with Gasteiger partial charge in [0.2, 0.25) is 0 Å². The molecule has 3 heteroatoms. The lowest BCUT2D eigenvalue weighted by atomic mass is 10.2. The lowest BCUT2D eigenvalue weighted by Crippen LogP contribution is -2.22. The normalized spacial score (nSPS) is 15.4. The maximum Gasteiger partial charge on any atom is 0.120 e. The van der Waals surface area contributed by atoms with Crippen LogP contribution in [-0.2, 0) is 0 Å². The molecule has 1 aromatic rings. The summed E-state index contributed by atoms with van der Waals surface area (Å²) in [7, 11) is 0. The Morgan fingerprint density at radius 2 is 2.14 bits per heavy atom. The lowest BCUT2D eigenvalue weighted by molar-refractivity contribution is 0.182. The molecule has 0 saturated heterocycles. The average molecular weight is 197 g/mol. The molecule has 0 unspecified atom stereocenters. The van der Waals surface area contributed by atoms with E-state index in [2.05, 4.69) is 12.2 Å². The van der Waals surface area contributed by atoms with Crippen molar-refractivity contribution in [3.05, 3.63) is 23.7 Å². The molecule has 14 heavy (non-hydrogen) atoms. The van der Waals surface area contributed by atoms with Crippen molar-refractivity contribution in [1.82, 2.24) is 5.32 Å². The van der Waals surface area contributed by atoms with Gasteiger partial charge in [0, 0.05) is 0 Å². The molecule has 1 heterocycles. The highest BCUT2D eigenvalue weighted by molar-refractivity contribution is 5.08. The number of rotatable bonds is 5. The van der Waals surface area contributed by atoms with Crippen molar-refractivity contribution in [1.29, 1.82) is 0 Å². The minimum Gasteiger partial charge on any atom is -0.465 e. The van der Waals surface area contributed by atoms with Crippen LogP contribution in [0, 0.1) is 6.92 Å². The zero-order valence-electron chi connectivity index (χ0n) is 9.08. The first-order valence-electron chi connectivity index (χ1n) is 5.07. The molecule has 3 nitrogen and oxygen atoms in total. The molecular weight excluding hydrogens is 178 g/mol. The Balaban J connectivity index is 2.32. The third kappa shape index (κ3) is 3.52. The Kier molecular flexibility index (Phi) is 4.17. The number of aliphatic hydroxyl groups is 1. The molecule has 1 aromatic heterocycles. The third-order valence-electron chi connectivity index (χ3n) is 2.20. The average Bonchev–Trinajstić information content (AvgIpc) is 2.51. The summed E-state index contributed by atoms with van der Waals surface area (Å²) in [5.41, 5.74) is 0. The molecular formula is C11H19NO2. The highest BCUT2D eigenvalue weighted by Crippen LogP contribution is 2.15. The highest BCUT2D eigenvalue weighted by Gasteiger charge is 2.08. The van der Waals surface area contributed by atoms with Crippen molar-refractivity contribution in [2.45, 2.75) is 39.3 Å². The van der Waals surface area contributed by atoms with E-state index in [-0.39, 0.29) is 12.1 Å². The Morgan fingerprint density at radius 1 is 1.43 bits per heavy atom. The van der Waals surface area contributed by atoms with Crippen molar-refractivity contribution >= 4 is 0 Å². The molecule has 0 amide bonds. The van der Waals surface area contributed by atoms with Crippen molar-refractivity contribution < 1.29 is 9.52 Å². The van der Waals surface area contributed by atoms with Crippen molar-refractivity contribution in [2.24, 2.45) is 0 Å². The minimum absolute atomic E-state index is 0.211. The second kappa shape index (κ2) is 5.17. The Hall–Kier alpha value is -0.800. The van der Waals surface area contributed by atoms with Gasteiger partial charge in [0.1, 0.15) is 11.5 Å². The van der Waals surface area contributed by atoms with Crippen LogP contribution in [0.2, 0.25) is 0 Å². The molecule has 0 saturated carbocycles. The molecule has 0 aromatic carbocycles. The van der Waals surface area contributed by atoms with Gasteiger partial charge in [-0.15, -0.1) is 0 Å². The summed E-state index contributed by atoms with van der Waals surface area (Å²) in [5.74, 6) is 1.89. The number of hydrogen-bond donors (Lipinski definition) is 2. The summed E-state index contributed by atoms with van der Waals surface area (Å²) in [6, 6.07) is 4.15. The first-order chi connectivity index (χ1) is 6.59. The maximum atomic E-state index is 9.08. The van der Waals surface area contributed by atoms with Gasteiger partial charge in [-0.25, -0.2) is 0 Å². The van der Waals surface area contributed by atoms with E-state index in [0.717, 1.165) is 24.5 Å². The largest absolute Gasteiger partial charge is 0.465 e. The molecule has 0 aliphatic heterocycles. The first kappa shape index (κ1) is 11.3. The van der Waals surface area contributed by atoms with Gasteiger partial charge in [0.25, 0.3) is 0 Å². The van der Waals surface area contributed by atoms with Crippen molar-refractivity contribution in [2.75, 3.05) is 6.54 Å². The third-order valence-corrected chi connectivity index (χ3v) is 2.20. The molecule has 1 rings (SSSR count). The molecule has 0 bridgehead atoms. The summed E-state index contributed by atoms with van der Waals surface area (Å²) in [6.07, 6.45) is 0.525. The molecule has 0 aliphatic rings. The minimum atomic E-state index is -0.243. The van der Waals surface area contributed by atoms with Crippen LogP contribution in [-0.4, -0.2) is 17.8 Å². The quantitative estimate of drug-likeness (QED) is 0.759. The van der Waals surface area contributed by atoms with Crippen LogP contribution in [0.25, 0.3) is 0 Å². The maximum absolute atomic E-state index is 9.08. The van der Waals surface area contributed by atoms with Gasteiger partial charge in [0.05, 0.1) is 12.1 Å². The van der Waals surface area contributed by atoms with Crippen LogP contribution in [0.1, 0.15) is 37.8 Å². The van der Waals surface area contributed by atoms with Gasteiger partial charge in [-0.1, -0.05) is 0 Å². The van der Waals surface area contributed by atoms with Gasteiger partial charge in [-0.3, -0.25) is 0 Å². The van der Waals surface area contributed by atoms with E-state index in [0.29, 0.717) is 0 Å². The second-order valence-corrected chi connectivity index (χ2v) is 3.76. The molecule has 0 aliphatic carbocycles. The highest BCUT2D eigenvalue weighted by atomic mass is 16.3. The zero-order valence-corrected chi connectivity index (χ0v) is 9.08. The molecule has 2 atom stereocenters. The summed E-state index contributed by atoms with van der Waals surface area (Å²) >= 11 is 0. The monoisotopic (exact) mass is 197 g/mol. The number of hydrogen-bond acceptors (Lipinski definition) is 3. The fourth-order valence-corrected chi connectivity index (χ4v) is 1.30. The van der Waals surface area contributed by atoms with Gasteiger partial charge in [0.15, 0.2) is 0 Å². The standard InChI is InChI=1S/C11H19NO2/c1-8(13)6-7-12-10(3)11-5-4-9(2)14-11/h4-5,8,10,12-13H,6-7H2,1-3H3/t8-,10-/m1/s1. The van der Waals surface area contributed by atoms with Gasteiger partial charge < -0.3 is 14.8 Å². The van der Waals surface area contributed by atoms with Gasteiger partial charge in [-0.2, -0.15) is 0 Å². The Labute approximate surface area is 85.1 Å². The fraction of sp³-hybridized carbons (Fsp3) is 0.636. The number of aryl methyl sites for hydroxylation is 1. The van der Waals surface area contributed by atoms with Crippen LogP contribution in [0.5, 0.6) is 0 Å². The Morgan fingerprint density at radius 3 is 2.64 bits per heavy atom. The van der Waals surface area contributed by atoms with E-state index in [9.17, 15) is 0 Å². The lowest BCUT2D eigenvalue weighted by Gasteiger charge is -2.11. The first-order valence-corrected chi connectivity index (χ1v) is 5.07. The summed E-state index contributed by atoms with van der Waals surface area (Å²) in [6.45, 7) is 6.59. The van der Waals surface area contributed by atoms with Crippen LogP contribution in [0.4, 0.5) is 0 Å². The van der Waals surface area contributed by atoms with Crippen LogP contribution in [0.15, 0.2) is 16.5 Å². The van der Waals surface area contributed by atoms with Gasteiger partial charge in [-0.05, 0) is 45.9 Å². The fourth-order valence-electron chi connectivity index (χ4n) is 1.30. The molecule has 0 fully saturated rings. The summed E-state index contributed by atoms with van der Waals surface area (Å²) < 4.78 is 5.48. The van der Waals surface area contributed by atoms with E-state index in [1.807, 2.05) is 19.1 Å². The molecule has 0 spiro atoms. The second-order valence-electron chi connectivity index (χ2n) is 3.76. The smallest absolute Gasteiger partial charge is 0.120 e. The summed E-state index contributed by atoms with van der Waals surface area (Å²) in [5, 5.41) is 12.4. The predicted molar refractivity (Wildman–Crippen MR) is 56.2 cm³/mol. The topological polar surface area (TPSA) is 45.4 Å². The molecule has 80 valence electrons. The number of furan rings is 1. The molecule has 0 radical (unpaired) electrons. The number of nitrogens with one attached hydrogen (secondary N) is 1. The Bertz CT molecular complexity index is 268. The van der Waals surface area contributed by atoms with Gasteiger partial charge >= 0.3 is 0 Å². The predicted octanol–water partition coefficient (Wildman–Crippen LogP) is 2.01. The summed E-state index contributed by atoms with van der Waals surface area (Å²) in [4.78, 5) is 0. The van der Waals surface area contributed by atoms with Crippen LogP contribution >= 0.6 is 0 Å². The van der Waals surface area contributed by atoms with E-state index < -0.39 is 0 Å². The van der Waals surface area contributed by atoms with E-state index in [1.54, 1.807) is 6.92 Å². The van der Waals surface area contributed by atoms with Crippen molar-refractivity contribution in [3.63, 3.8) is 0 Å². The van der Waals surface area contributed by atoms with Crippen LogP contribution in [0.3, 0.4) is 0 Å². The SMILES string of the molecule is Cc1ccc([C@@H](C)NCC[C@@H](C)O)o1. The van der Waals surface area contributed by atoms with E-state index >= 15 is 0 Å². The zero-order chi connectivity index (χ0) is 10.6. The van der Waals surface area contributed by atoms with E-state index in [4.69, 9.17) is 9.52 Å². The van der Waals surface area contributed by atoms with Crippen molar-refractivity contribution in [3.8, 4) is 0 Å². The molecule has 2 N–H and O–H groups in total. The van der Waals surface area contributed by atoms with Crippen LogP contribution < -0.4 is 5.32 Å². The van der Waals surface area contributed by atoms with E-state index in [1.165, 1.54) is 0 Å². The number of aliphatic hydroxyl groups excluding tert-OH is 1.